The number of nitrogens with zero attached hydrogens (tertiary/aromatic N) is 2. The smallest absolute Gasteiger partial charge is 0.326 e. The third-order valence-corrected chi connectivity index (χ3v) is 11.0. The van der Waals surface area contributed by atoms with Crippen molar-refractivity contribution in [3.63, 3.8) is 0 Å². The van der Waals surface area contributed by atoms with Crippen LogP contribution in [0.3, 0.4) is 0 Å². The standard InChI is InChI=1S/C22H29Cl3N4O3Si/c1-12(2)16-17(13(8-9-26-16)11-32-33(6,7)22(3,4)5)27-21(31)29-20(30)14-10-15(23)19(25)28-18(14)24/h8-10,12H,11H2,1-7H3,(H2,27,29,30,31). The fraction of sp³-hybridized carbons (Fsp3) is 0.455. The number of aromatic nitrogens is 2. The van der Waals surface area contributed by atoms with Crippen LogP contribution in [0.2, 0.25) is 33.5 Å². The predicted molar refractivity (Wildman–Crippen MR) is 136 cm³/mol. The van der Waals surface area contributed by atoms with Crippen molar-refractivity contribution in [2.24, 2.45) is 0 Å². The van der Waals surface area contributed by atoms with Gasteiger partial charge in [0.15, 0.2) is 8.32 Å². The molecule has 2 N–H and O–H groups in total. The second-order valence-corrected chi connectivity index (χ2v) is 15.4. The maximum absolute atomic E-state index is 12.7. The van der Waals surface area contributed by atoms with Gasteiger partial charge in [0, 0.05) is 11.8 Å². The van der Waals surface area contributed by atoms with Crippen LogP contribution in [-0.4, -0.2) is 30.2 Å². The summed E-state index contributed by atoms with van der Waals surface area (Å²) in [6.07, 6.45) is 1.69. The number of hydrogen-bond donors (Lipinski definition) is 2. The van der Waals surface area contributed by atoms with Crippen molar-refractivity contribution in [1.82, 2.24) is 15.3 Å². The zero-order valence-electron chi connectivity index (χ0n) is 19.8. The van der Waals surface area contributed by atoms with Gasteiger partial charge in [-0.15, -0.1) is 0 Å². The third kappa shape index (κ3) is 6.89. The summed E-state index contributed by atoms with van der Waals surface area (Å²) in [5.41, 5.74) is 1.89. The van der Waals surface area contributed by atoms with Crippen LogP contribution < -0.4 is 10.6 Å². The third-order valence-electron chi connectivity index (χ3n) is 5.61. The first-order chi connectivity index (χ1) is 15.1. The van der Waals surface area contributed by atoms with Crippen LogP contribution in [-0.2, 0) is 11.0 Å². The van der Waals surface area contributed by atoms with Crippen LogP contribution in [0.5, 0.6) is 0 Å². The van der Waals surface area contributed by atoms with Gasteiger partial charge in [-0.25, -0.2) is 9.78 Å². The van der Waals surface area contributed by atoms with E-state index in [0.29, 0.717) is 18.0 Å². The highest BCUT2D eigenvalue weighted by Gasteiger charge is 2.37. The monoisotopic (exact) mass is 530 g/mol. The molecule has 0 atom stereocenters. The summed E-state index contributed by atoms with van der Waals surface area (Å²) in [6, 6.07) is 2.31. The van der Waals surface area contributed by atoms with Crippen LogP contribution in [0.1, 0.15) is 62.2 Å². The molecular weight excluding hydrogens is 503 g/mol. The number of halogens is 3. The molecule has 7 nitrogen and oxygen atoms in total. The number of amides is 3. The van der Waals surface area contributed by atoms with Gasteiger partial charge in [0.2, 0.25) is 0 Å². The normalized spacial score (nSPS) is 12.1. The minimum absolute atomic E-state index is 0.0255. The molecule has 0 aromatic carbocycles. The van der Waals surface area contributed by atoms with Gasteiger partial charge in [-0.2, -0.15) is 0 Å². The quantitative estimate of drug-likeness (QED) is 0.308. The van der Waals surface area contributed by atoms with Crippen molar-refractivity contribution in [1.29, 1.82) is 0 Å². The molecule has 33 heavy (non-hydrogen) atoms. The van der Waals surface area contributed by atoms with Gasteiger partial charge in [-0.3, -0.25) is 15.1 Å². The molecule has 2 heterocycles. The maximum atomic E-state index is 12.7. The average molecular weight is 532 g/mol. The molecule has 0 saturated heterocycles. The lowest BCUT2D eigenvalue weighted by atomic mass is 10.0. The molecule has 180 valence electrons. The molecule has 0 aliphatic heterocycles. The first kappa shape index (κ1) is 27.5. The molecular formula is C22H29Cl3N4O3Si. The number of urea groups is 1. The molecule has 0 bridgehead atoms. The second kappa shape index (κ2) is 10.7. The lowest BCUT2D eigenvalue weighted by molar-refractivity contribution is 0.0967. The van der Waals surface area contributed by atoms with Crippen LogP contribution in [0.15, 0.2) is 18.3 Å². The topological polar surface area (TPSA) is 93.2 Å². The first-order valence-corrected chi connectivity index (χ1v) is 14.4. The molecule has 0 spiro atoms. The van der Waals surface area contributed by atoms with E-state index in [4.69, 9.17) is 39.2 Å². The highest BCUT2D eigenvalue weighted by atomic mass is 35.5. The summed E-state index contributed by atoms with van der Waals surface area (Å²) in [5, 5.41) is 4.89. The van der Waals surface area contributed by atoms with Gasteiger partial charge < -0.3 is 9.74 Å². The number of nitrogens with one attached hydrogen (secondary N) is 2. The Hall–Kier alpha value is -1.71. The maximum Gasteiger partial charge on any atom is 0.326 e. The zero-order valence-corrected chi connectivity index (χ0v) is 23.0. The highest BCUT2D eigenvalue weighted by molar-refractivity contribution is 6.74. The fourth-order valence-electron chi connectivity index (χ4n) is 2.62. The number of carbonyl (C=O) groups excluding carboxylic acids is 2. The summed E-state index contributed by atoms with van der Waals surface area (Å²) in [5.74, 6) is -0.741. The van der Waals surface area contributed by atoms with E-state index in [2.05, 4.69) is 54.5 Å². The molecule has 2 aromatic rings. The largest absolute Gasteiger partial charge is 0.412 e. The Labute approximate surface area is 210 Å². The van der Waals surface area contributed by atoms with E-state index < -0.39 is 20.3 Å². The summed E-state index contributed by atoms with van der Waals surface area (Å²) in [4.78, 5) is 33.5. The number of rotatable bonds is 6. The van der Waals surface area contributed by atoms with Crippen molar-refractivity contribution >= 4 is 60.7 Å². The van der Waals surface area contributed by atoms with Gasteiger partial charge in [0.25, 0.3) is 5.91 Å². The van der Waals surface area contributed by atoms with E-state index in [1.807, 2.05) is 13.8 Å². The SMILES string of the molecule is CC(C)c1nccc(CO[Si](C)(C)C(C)(C)C)c1NC(=O)NC(=O)c1cc(Cl)c(Cl)nc1Cl. The van der Waals surface area contributed by atoms with Crippen LogP contribution in [0.4, 0.5) is 10.5 Å². The Balaban J connectivity index is 2.27. The molecule has 11 heteroatoms. The molecule has 0 aliphatic rings. The van der Waals surface area contributed by atoms with E-state index in [1.165, 1.54) is 6.07 Å². The molecule has 0 fully saturated rings. The van der Waals surface area contributed by atoms with Crippen molar-refractivity contribution in [3.05, 3.63) is 50.5 Å². The zero-order chi connectivity index (χ0) is 25.1. The van der Waals surface area contributed by atoms with E-state index in [1.54, 1.807) is 12.3 Å². The number of pyridine rings is 2. The lowest BCUT2D eigenvalue weighted by Crippen LogP contribution is -2.40. The Morgan fingerprint density at radius 1 is 1.15 bits per heavy atom. The van der Waals surface area contributed by atoms with Crippen molar-refractivity contribution in [2.45, 2.75) is 65.3 Å². The van der Waals surface area contributed by atoms with Crippen LogP contribution in [0, 0.1) is 0 Å². The molecule has 0 aliphatic carbocycles. The summed E-state index contributed by atoms with van der Waals surface area (Å²) in [6.45, 7) is 15.0. The van der Waals surface area contributed by atoms with Crippen molar-refractivity contribution in [3.8, 4) is 0 Å². The predicted octanol–water partition coefficient (Wildman–Crippen LogP) is 7.04. The minimum Gasteiger partial charge on any atom is -0.412 e. The Kier molecular flexibility index (Phi) is 8.92. The lowest BCUT2D eigenvalue weighted by Gasteiger charge is -2.36. The van der Waals surface area contributed by atoms with Gasteiger partial charge >= 0.3 is 6.03 Å². The summed E-state index contributed by atoms with van der Waals surface area (Å²) in [7, 11) is -2.03. The fourth-order valence-corrected chi connectivity index (χ4v) is 4.12. The molecule has 3 amide bonds. The van der Waals surface area contributed by atoms with Gasteiger partial charge in [-0.1, -0.05) is 69.4 Å². The van der Waals surface area contributed by atoms with E-state index in [-0.39, 0.29) is 31.8 Å². The summed E-state index contributed by atoms with van der Waals surface area (Å²) < 4.78 is 6.35. The van der Waals surface area contributed by atoms with Gasteiger partial charge in [0.1, 0.15) is 10.3 Å². The second-order valence-electron chi connectivity index (χ2n) is 9.44. The van der Waals surface area contributed by atoms with Crippen LogP contribution in [0.25, 0.3) is 0 Å². The van der Waals surface area contributed by atoms with Gasteiger partial charge in [-0.05, 0) is 36.2 Å². The molecule has 0 radical (unpaired) electrons. The Morgan fingerprint density at radius 3 is 2.36 bits per heavy atom. The number of carbonyl (C=O) groups is 2. The van der Waals surface area contributed by atoms with E-state index in [9.17, 15) is 9.59 Å². The highest BCUT2D eigenvalue weighted by Crippen LogP contribution is 2.38. The number of hydrogen-bond acceptors (Lipinski definition) is 5. The molecule has 0 saturated carbocycles. The Morgan fingerprint density at radius 2 is 1.79 bits per heavy atom. The first-order valence-electron chi connectivity index (χ1n) is 10.4. The average Bonchev–Trinajstić information content (AvgIpc) is 2.68. The number of imide groups is 1. The molecule has 2 rings (SSSR count). The van der Waals surface area contributed by atoms with E-state index in [0.717, 1.165) is 5.56 Å². The van der Waals surface area contributed by atoms with E-state index >= 15 is 0 Å². The molecule has 2 aromatic heterocycles. The molecule has 0 unspecified atom stereocenters. The van der Waals surface area contributed by atoms with Crippen molar-refractivity contribution < 1.29 is 14.0 Å². The van der Waals surface area contributed by atoms with Crippen molar-refractivity contribution in [2.75, 3.05) is 5.32 Å². The van der Waals surface area contributed by atoms with Crippen LogP contribution >= 0.6 is 34.8 Å². The Bertz CT molecular complexity index is 1060. The van der Waals surface area contributed by atoms with Gasteiger partial charge in [0.05, 0.1) is 28.6 Å². The number of anilines is 1. The minimum atomic E-state index is -2.03. The summed E-state index contributed by atoms with van der Waals surface area (Å²) >= 11 is 17.7.